The van der Waals surface area contributed by atoms with Crippen molar-refractivity contribution in [1.29, 1.82) is 0 Å². The minimum Gasteiger partial charge on any atom is -0.463 e. The quantitative estimate of drug-likeness (QED) is 0.315. The van der Waals surface area contributed by atoms with Crippen molar-refractivity contribution in [2.45, 2.75) is 12.8 Å². The first-order chi connectivity index (χ1) is 13.0. The van der Waals surface area contributed by atoms with Gasteiger partial charge in [-0.05, 0) is 12.8 Å². The molecule has 0 unspecified atom stereocenters. The van der Waals surface area contributed by atoms with E-state index in [9.17, 15) is 19.2 Å². The topological polar surface area (TPSA) is 131 Å². The van der Waals surface area contributed by atoms with Crippen LogP contribution in [0.1, 0.15) is 12.1 Å². The Bertz CT molecular complexity index is 734. The molecule has 1 aliphatic rings. The Hall–Kier alpha value is -2.72. The predicted octanol–water partition coefficient (Wildman–Crippen LogP) is -1.03. The van der Waals surface area contributed by atoms with Crippen molar-refractivity contribution >= 4 is 11.9 Å². The van der Waals surface area contributed by atoms with E-state index in [2.05, 4.69) is 14.9 Å². The van der Waals surface area contributed by atoms with Crippen LogP contribution in [0.2, 0.25) is 0 Å². The summed E-state index contributed by atoms with van der Waals surface area (Å²) in [7, 11) is 0. The maximum atomic E-state index is 11.5. The number of aryl methyl sites for hydroxylation is 1. The second-order valence-corrected chi connectivity index (χ2v) is 5.84. The molecule has 1 saturated heterocycles. The van der Waals surface area contributed by atoms with E-state index < -0.39 is 23.2 Å². The number of morpholine rings is 1. The molecule has 0 aliphatic carbocycles. The number of nitrogens with zero attached hydrogens (tertiary/aromatic N) is 1. The number of carbonyl (C=O) groups excluding carboxylic acids is 2. The molecule has 1 fully saturated rings. The summed E-state index contributed by atoms with van der Waals surface area (Å²) in [5.74, 6) is -1.28. The molecule has 0 bridgehead atoms. The van der Waals surface area contributed by atoms with Gasteiger partial charge >= 0.3 is 17.6 Å². The fourth-order valence-electron chi connectivity index (χ4n) is 2.42. The molecule has 10 nitrogen and oxygen atoms in total. The normalized spacial score (nSPS) is 15.0. The fraction of sp³-hybridized carbons (Fsp3) is 0.529. The van der Waals surface area contributed by atoms with E-state index in [1.54, 1.807) is 0 Å². The van der Waals surface area contributed by atoms with Gasteiger partial charge in [-0.2, -0.15) is 0 Å². The summed E-state index contributed by atoms with van der Waals surface area (Å²) < 4.78 is 15.2. The minimum atomic E-state index is -0.667. The molecule has 27 heavy (non-hydrogen) atoms. The van der Waals surface area contributed by atoms with E-state index in [0.717, 1.165) is 25.2 Å². The summed E-state index contributed by atoms with van der Waals surface area (Å²) in [4.78, 5) is 52.0. The number of rotatable bonds is 9. The third-order valence-electron chi connectivity index (χ3n) is 3.76. The highest BCUT2D eigenvalue weighted by atomic mass is 16.5. The van der Waals surface area contributed by atoms with Gasteiger partial charge in [-0.3, -0.25) is 14.7 Å². The highest BCUT2D eigenvalue weighted by molar-refractivity contribution is 5.91. The number of ether oxygens (including phenoxy) is 3. The van der Waals surface area contributed by atoms with Crippen molar-refractivity contribution < 1.29 is 23.8 Å². The molecule has 0 saturated carbocycles. The number of aromatic amines is 2. The molecule has 2 rings (SSSR count). The summed E-state index contributed by atoms with van der Waals surface area (Å²) in [5, 5.41) is 0. The van der Waals surface area contributed by atoms with E-state index in [1.807, 2.05) is 0 Å². The number of hydrogen-bond donors (Lipinski definition) is 2. The van der Waals surface area contributed by atoms with Crippen molar-refractivity contribution in [3.8, 4) is 0 Å². The van der Waals surface area contributed by atoms with Crippen LogP contribution in [-0.4, -0.2) is 72.9 Å². The first kappa shape index (κ1) is 20.6. The Labute approximate surface area is 155 Å². The number of aromatic nitrogens is 2. The van der Waals surface area contributed by atoms with Gasteiger partial charge in [0.25, 0.3) is 5.56 Å². The first-order valence-electron chi connectivity index (χ1n) is 8.67. The van der Waals surface area contributed by atoms with Crippen molar-refractivity contribution in [3.63, 3.8) is 0 Å². The van der Waals surface area contributed by atoms with E-state index in [4.69, 9.17) is 14.2 Å². The second-order valence-electron chi connectivity index (χ2n) is 5.84. The van der Waals surface area contributed by atoms with Crippen LogP contribution in [0.25, 0.3) is 0 Å². The highest BCUT2D eigenvalue weighted by Gasteiger charge is 2.10. The lowest BCUT2D eigenvalue weighted by Gasteiger charge is -2.25. The summed E-state index contributed by atoms with van der Waals surface area (Å²) in [5.41, 5.74) is -0.607. The summed E-state index contributed by atoms with van der Waals surface area (Å²) in [6.07, 6.45) is 2.82. The van der Waals surface area contributed by atoms with E-state index >= 15 is 0 Å². The largest absolute Gasteiger partial charge is 0.463 e. The van der Waals surface area contributed by atoms with Gasteiger partial charge in [0.1, 0.15) is 6.61 Å². The molecule has 0 atom stereocenters. The van der Waals surface area contributed by atoms with Gasteiger partial charge in [0.05, 0.1) is 19.8 Å². The molecule has 0 amide bonds. The Morgan fingerprint density at radius 1 is 1.07 bits per heavy atom. The molecular formula is C17H23N3O7. The Balaban J connectivity index is 1.57. The molecule has 148 valence electrons. The minimum absolute atomic E-state index is 0.0874. The van der Waals surface area contributed by atoms with Crippen LogP contribution >= 0.6 is 0 Å². The zero-order valence-electron chi connectivity index (χ0n) is 14.9. The molecule has 0 spiro atoms. The van der Waals surface area contributed by atoms with Gasteiger partial charge in [0.2, 0.25) is 0 Å². The molecule has 0 radical (unpaired) electrons. The monoisotopic (exact) mass is 381 g/mol. The van der Waals surface area contributed by atoms with Crippen LogP contribution < -0.4 is 11.2 Å². The lowest BCUT2D eigenvalue weighted by Crippen LogP contribution is -2.38. The van der Waals surface area contributed by atoms with Crippen molar-refractivity contribution in [3.05, 3.63) is 44.8 Å². The maximum absolute atomic E-state index is 11.5. The number of nitrogens with one attached hydrogen (secondary N) is 2. The summed E-state index contributed by atoms with van der Waals surface area (Å²) in [6, 6.07) is 1.27. The molecule has 2 heterocycles. The third kappa shape index (κ3) is 8.47. The van der Waals surface area contributed by atoms with Crippen LogP contribution in [0.3, 0.4) is 0 Å². The maximum Gasteiger partial charge on any atom is 0.331 e. The van der Waals surface area contributed by atoms with Crippen LogP contribution in [-0.2, 0) is 30.2 Å². The molecule has 10 heteroatoms. The number of hydrogen-bond acceptors (Lipinski definition) is 8. The molecular weight excluding hydrogens is 358 g/mol. The average Bonchev–Trinajstić information content (AvgIpc) is 2.64. The van der Waals surface area contributed by atoms with E-state index in [-0.39, 0.29) is 13.2 Å². The number of esters is 2. The zero-order chi connectivity index (χ0) is 19.5. The first-order valence-corrected chi connectivity index (χ1v) is 8.67. The van der Waals surface area contributed by atoms with Gasteiger partial charge < -0.3 is 19.2 Å². The van der Waals surface area contributed by atoms with Gasteiger partial charge in [-0.1, -0.05) is 0 Å². The highest BCUT2D eigenvalue weighted by Crippen LogP contribution is 1.97. The lowest BCUT2D eigenvalue weighted by atomic mass is 10.2. The SMILES string of the molecule is O=C(/C=C/C(=O)OCCN1CCOCC1)OCCCc1cc(=O)[nH]c(=O)[nH]1. The molecule has 2 N–H and O–H groups in total. The Morgan fingerprint density at radius 3 is 2.41 bits per heavy atom. The van der Waals surface area contributed by atoms with Crippen LogP contribution in [0.15, 0.2) is 27.8 Å². The van der Waals surface area contributed by atoms with E-state index in [0.29, 0.717) is 38.3 Å². The Morgan fingerprint density at radius 2 is 1.74 bits per heavy atom. The second kappa shape index (κ2) is 11.1. The standard InChI is InChI=1S/C17H23N3O7/c21-14-12-13(18-17(24)19-14)2-1-8-26-15(22)3-4-16(23)27-11-7-20-5-9-25-10-6-20/h3-4,12H,1-2,5-11H2,(H2,18,19,21,24)/b4-3+. The zero-order valence-corrected chi connectivity index (χ0v) is 14.9. The number of H-pyrrole nitrogens is 2. The van der Waals surface area contributed by atoms with Crippen molar-refractivity contribution in [2.24, 2.45) is 0 Å². The Kier molecular flexibility index (Phi) is 8.46. The molecule has 1 aromatic rings. The molecule has 0 aromatic carbocycles. The summed E-state index contributed by atoms with van der Waals surface area (Å²) >= 11 is 0. The predicted molar refractivity (Wildman–Crippen MR) is 94.3 cm³/mol. The van der Waals surface area contributed by atoms with Gasteiger partial charge in [-0.15, -0.1) is 0 Å². The fourth-order valence-corrected chi connectivity index (χ4v) is 2.42. The third-order valence-corrected chi connectivity index (χ3v) is 3.76. The van der Waals surface area contributed by atoms with Crippen LogP contribution in [0, 0.1) is 0 Å². The molecule has 1 aliphatic heterocycles. The van der Waals surface area contributed by atoms with Crippen LogP contribution in [0.4, 0.5) is 0 Å². The van der Waals surface area contributed by atoms with Crippen LogP contribution in [0.5, 0.6) is 0 Å². The number of carbonyl (C=O) groups is 2. The van der Waals surface area contributed by atoms with Gasteiger partial charge in [0, 0.05) is 43.5 Å². The molecule has 1 aromatic heterocycles. The van der Waals surface area contributed by atoms with Crippen molar-refractivity contribution in [2.75, 3.05) is 46.1 Å². The smallest absolute Gasteiger partial charge is 0.331 e. The van der Waals surface area contributed by atoms with Gasteiger partial charge in [0.15, 0.2) is 0 Å². The summed E-state index contributed by atoms with van der Waals surface area (Å²) in [6.45, 7) is 3.93. The van der Waals surface area contributed by atoms with E-state index in [1.165, 1.54) is 6.07 Å². The van der Waals surface area contributed by atoms with Gasteiger partial charge in [-0.25, -0.2) is 14.4 Å². The average molecular weight is 381 g/mol. The lowest BCUT2D eigenvalue weighted by molar-refractivity contribution is -0.140. The van der Waals surface area contributed by atoms with Crippen molar-refractivity contribution in [1.82, 2.24) is 14.9 Å².